The van der Waals surface area contributed by atoms with Crippen molar-refractivity contribution in [3.05, 3.63) is 36.0 Å². The molecule has 0 radical (unpaired) electrons. The van der Waals surface area contributed by atoms with Gasteiger partial charge >= 0.3 is 11.9 Å². The molecule has 0 spiro atoms. The predicted octanol–water partition coefficient (Wildman–Crippen LogP) is -1.03. The summed E-state index contributed by atoms with van der Waals surface area (Å²) in [5.41, 5.74) is 12.0. The second-order valence-corrected chi connectivity index (χ2v) is 9.59. The van der Waals surface area contributed by atoms with Gasteiger partial charge in [0, 0.05) is 23.5 Å². The maximum Gasteiger partial charge on any atom is 0.326 e. The number of nitrogens with two attached hydrogens (primary N) is 2. The zero-order valence-electron chi connectivity index (χ0n) is 21.6. The summed E-state index contributed by atoms with van der Waals surface area (Å²) in [5.74, 6) is -6.45. The first kappa shape index (κ1) is 30.8. The third kappa shape index (κ3) is 9.41. The average molecular weight is 547 g/mol. The lowest BCUT2D eigenvalue weighted by molar-refractivity contribution is -0.143. The molecular weight excluding hydrogens is 512 g/mol. The highest BCUT2D eigenvalue weighted by Crippen LogP contribution is 2.19. The molecule has 0 saturated carbocycles. The molecule has 0 fully saturated rings. The molecule has 0 aliphatic carbocycles. The molecule has 1 aromatic heterocycles. The topological polar surface area (TPSA) is 247 Å². The monoisotopic (exact) mass is 546 g/mol. The van der Waals surface area contributed by atoms with Gasteiger partial charge in [0.15, 0.2) is 0 Å². The van der Waals surface area contributed by atoms with Crippen molar-refractivity contribution in [2.45, 2.75) is 63.7 Å². The molecule has 0 bridgehead atoms. The lowest BCUT2D eigenvalue weighted by atomic mass is 10.0. The smallest absolute Gasteiger partial charge is 0.326 e. The summed E-state index contributed by atoms with van der Waals surface area (Å²) in [6.45, 7) is 3.57. The summed E-state index contributed by atoms with van der Waals surface area (Å²) in [6, 6.07) is 1.54. The minimum atomic E-state index is -1.65. The van der Waals surface area contributed by atoms with Crippen molar-refractivity contribution in [2.75, 3.05) is 0 Å². The summed E-state index contributed by atoms with van der Waals surface area (Å²) in [6.07, 6.45) is 0.298. The first-order valence-electron chi connectivity index (χ1n) is 12.2. The van der Waals surface area contributed by atoms with Crippen LogP contribution in [0.3, 0.4) is 0 Å². The Morgan fingerprint density at radius 1 is 0.872 bits per heavy atom. The van der Waals surface area contributed by atoms with E-state index in [9.17, 15) is 39.0 Å². The minimum absolute atomic E-state index is 0.0622. The SMILES string of the molecule is CC(C)CC(NC(=O)C(Cc1c[nH]c2ccccc12)NC(=O)C(CC(=O)O)NC(=O)C(N)CC(N)=O)C(=O)O. The van der Waals surface area contributed by atoms with Crippen molar-refractivity contribution in [1.82, 2.24) is 20.9 Å². The van der Waals surface area contributed by atoms with Crippen LogP contribution in [-0.2, 0) is 35.2 Å². The van der Waals surface area contributed by atoms with Crippen LogP contribution in [0.2, 0.25) is 0 Å². The Morgan fingerprint density at radius 3 is 2.05 bits per heavy atom. The number of fused-ring (bicyclic) bond motifs is 1. The number of H-pyrrole nitrogens is 1. The van der Waals surface area contributed by atoms with Crippen molar-refractivity contribution in [3.63, 3.8) is 0 Å². The second kappa shape index (κ2) is 13.9. The van der Waals surface area contributed by atoms with Crippen LogP contribution in [0.25, 0.3) is 10.9 Å². The molecule has 0 aliphatic rings. The Kier molecular flexibility index (Phi) is 11.0. The van der Waals surface area contributed by atoms with E-state index in [2.05, 4.69) is 20.9 Å². The number of carbonyl (C=O) groups excluding carboxylic acids is 4. The lowest BCUT2D eigenvalue weighted by Gasteiger charge is -2.25. The number of aromatic amines is 1. The number of para-hydroxylation sites is 1. The number of carboxylic acids is 2. The van der Waals surface area contributed by atoms with Crippen LogP contribution >= 0.6 is 0 Å². The fourth-order valence-electron chi connectivity index (χ4n) is 3.94. The number of carboxylic acid groups (broad SMARTS) is 2. The number of benzene rings is 1. The summed E-state index contributed by atoms with van der Waals surface area (Å²) < 4.78 is 0. The number of amides is 4. The summed E-state index contributed by atoms with van der Waals surface area (Å²) in [4.78, 5) is 76.0. The van der Waals surface area contributed by atoms with Crippen molar-refractivity contribution in [3.8, 4) is 0 Å². The van der Waals surface area contributed by atoms with Crippen molar-refractivity contribution in [1.29, 1.82) is 0 Å². The van der Waals surface area contributed by atoms with E-state index in [0.29, 0.717) is 5.56 Å². The summed E-state index contributed by atoms with van der Waals surface area (Å²) in [5, 5.41) is 26.7. The van der Waals surface area contributed by atoms with Gasteiger partial charge in [0.25, 0.3) is 0 Å². The molecular formula is C25H34N6O8. The van der Waals surface area contributed by atoms with Gasteiger partial charge in [-0.15, -0.1) is 0 Å². The number of hydrogen-bond acceptors (Lipinski definition) is 7. The number of aromatic nitrogens is 1. The first-order valence-corrected chi connectivity index (χ1v) is 12.2. The van der Waals surface area contributed by atoms with Crippen molar-refractivity contribution < 1.29 is 39.0 Å². The standard InChI is InChI=1S/C25H34N6O8/c1-12(2)7-19(25(38)39)31-23(36)17(8-13-11-28-16-6-4-3-5-14(13)16)30-24(37)18(10-21(33)34)29-22(35)15(26)9-20(27)32/h3-6,11-12,15,17-19,28H,7-10,26H2,1-2H3,(H2,27,32)(H,29,35)(H,30,37)(H,31,36)(H,33,34)(H,38,39). The Hall–Kier alpha value is -4.46. The number of hydrogen-bond donors (Lipinski definition) is 8. The molecule has 10 N–H and O–H groups in total. The zero-order valence-corrected chi connectivity index (χ0v) is 21.6. The molecule has 4 amide bonds. The molecule has 39 heavy (non-hydrogen) atoms. The van der Waals surface area contributed by atoms with Gasteiger partial charge in [0.2, 0.25) is 23.6 Å². The fraction of sp³-hybridized carbons (Fsp3) is 0.440. The van der Waals surface area contributed by atoms with Crippen LogP contribution in [0.15, 0.2) is 30.5 Å². The zero-order chi connectivity index (χ0) is 29.3. The third-order valence-electron chi connectivity index (χ3n) is 5.82. The van der Waals surface area contributed by atoms with Crippen molar-refractivity contribution in [2.24, 2.45) is 17.4 Å². The lowest BCUT2D eigenvalue weighted by Crippen LogP contribution is -2.58. The molecule has 1 heterocycles. The molecule has 2 aromatic rings. The van der Waals surface area contributed by atoms with Crippen molar-refractivity contribution >= 4 is 46.5 Å². The van der Waals surface area contributed by atoms with E-state index in [1.54, 1.807) is 38.2 Å². The van der Waals surface area contributed by atoms with Crippen LogP contribution in [0.4, 0.5) is 0 Å². The normalized spacial score (nSPS) is 14.2. The van der Waals surface area contributed by atoms with Gasteiger partial charge in [-0.05, 0) is 24.0 Å². The van der Waals surface area contributed by atoms with E-state index in [4.69, 9.17) is 11.5 Å². The quantitative estimate of drug-likeness (QED) is 0.136. The molecule has 4 atom stereocenters. The largest absolute Gasteiger partial charge is 0.481 e. The number of primary amides is 1. The molecule has 212 valence electrons. The number of carbonyl (C=O) groups is 6. The van der Waals surface area contributed by atoms with Crippen LogP contribution < -0.4 is 27.4 Å². The molecule has 0 saturated heterocycles. The Labute approximate surface area is 223 Å². The second-order valence-electron chi connectivity index (χ2n) is 9.59. The molecule has 2 rings (SSSR count). The van der Waals surface area contributed by atoms with E-state index >= 15 is 0 Å². The van der Waals surface area contributed by atoms with E-state index in [1.165, 1.54) is 0 Å². The molecule has 4 unspecified atom stereocenters. The van der Waals surface area contributed by atoms with E-state index in [1.807, 2.05) is 6.07 Å². The highest BCUT2D eigenvalue weighted by atomic mass is 16.4. The summed E-state index contributed by atoms with van der Waals surface area (Å²) in [7, 11) is 0. The van der Waals surface area contributed by atoms with Gasteiger partial charge in [0.1, 0.15) is 18.1 Å². The first-order chi connectivity index (χ1) is 18.3. The van der Waals surface area contributed by atoms with Gasteiger partial charge in [-0.1, -0.05) is 32.0 Å². The molecule has 1 aromatic carbocycles. The van der Waals surface area contributed by atoms with Crippen LogP contribution in [-0.4, -0.2) is 74.9 Å². The Morgan fingerprint density at radius 2 is 1.46 bits per heavy atom. The minimum Gasteiger partial charge on any atom is -0.481 e. The highest BCUT2D eigenvalue weighted by Gasteiger charge is 2.32. The maximum atomic E-state index is 13.3. The van der Waals surface area contributed by atoms with Crippen LogP contribution in [0.1, 0.15) is 38.7 Å². The highest BCUT2D eigenvalue weighted by molar-refractivity contribution is 5.97. The Balaban J connectivity index is 2.33. The molecule has 14 heteroatoms. The summed E-state index contributed by atoms with van der Waals surface area (Å²) >= 11 is 0. The predicted molar refractivity (Wildman–Crippen MR) is 139 cm³/mol. The van der Waals surface area contributed by atoms with E-state index in [0.717, 1.165) is 10.9 Å². The number of nitrogens with one attached hydrogen (secondary N) is 4. The van der Waals surface area contributed by atoms with Gasteiger partial charge in [0.05, 0.1) is 18.9 Å². The van der Waals surface area contributed by atoms with E-state index < -0.39 is 72.6 Å². The van der Waals surface area contributed by atoms with Gasteiger partial charge < -0.3 is 42.6 Å². The van der Waals surface area contributed by atoms with Crippen LogP contribution in [0.5, 0.6) is 0 Å². The molecule has 0 aliphatic heterocycles. The van der Waals surface area contributed by atoms with Gasteiger partial charge in [-0.3, -0.25) is 24.0 Å². The van der Waals surface area contributed by atoms with E-state index in [-0.39, 0.29) is 18.8 Å². The number of rotatable bonds is 15. The van der Waals surface area contributed by atoms with Crippen LogP contribution in [0, 0.1) is 5.92 Å². The Bertz CT molecular complexity index is 1230. The van der Waals surface area contributed by atoms with Gasteiger partial charge in [-0.25, -0.2) is 4.79 Å². The average Bonchev–Trinajstić information content (AvgIpc) is 3.24. The molecule has 14 nitrogen and oxygen atoms in total. The van der Waals surface area contributed by atoms with Gasteiger partial charge in [-0.2, -0.15) is 0 Å². The third-order valence-corrected chi connectivity index (χ3v) is 5.82. The maximum absolute atomic E-state index is 13.3. The fourth-order valence-corrected chi connectivity index (χ4v) is 3.94. The number of aliphatic carboxylic acids is 2.